The summed E-state index contributed by atoms with van der Waals surface area (Å²) in [6.07, 6.45) is 20.2. The molecule has 0 aliphatic heterocycles. The van der Waals surface area contributed by atoms with E-state index in [0.29, 0.717) is 0 Å². The normalized spacial score (nSPS) is 10.2. The van der Waals surface area contributed by atoms with Gasteiger partial charge in [0.2, 0.25) is 12.7 Å². The summed E-state index contributed by atoms with van der Waals surface area (Å²) in [5, 5.41) is 0. The van der Waals surface area contributed by atoms with Crippen molar-refractivity contribution in [2.45, 2.75) is 131 Å². The first kappa shape index (κ1) is 42.4. The summed E-state index contributed by atoms with van der Waals surface area (Å²) in [6.45, 7) is 13.6. The molecule has 0 fully saturated rings. The fourth-order valence-electron chi connectivity index (χ4n) is 5.33. The predicted molar refractivity (Wildman–Crippen MR) is 170 cm³/mol. The minimum atomic E-state index is 0. The molecule has 6 nitrogen and oxygen atoms in total. The van der Waals surface area contributed by atoms with Gasteiger partial charge >= 0.3 is 0 Å². The lowest BCUT2D eigenvalue weighted by molar-refractivity contribution is -0.672. The fourth-order valence-corrected chi connectivity index (χ4v) is 5.33. The average molecular weight is 715 g/mol. The molecule has 240 valence electrons. The van der Waals surface area contributed by atoms with E-state index >= 15 is 0 Å². The molecule has 0 saturated heterocycles. The van der Waals surface area contributed by atoms with E-state index in [-0.39, 0.29) is 44.9 Å². The lowest BCUT2D eigenvalue weighted by atomic mass is 10.2. The van der Waals surface area contributed by atoms with Crippen molar-refractivity contribution in [3.63, 3.8) is 0 Å². The van der Waals surface area contributed by atoms with Gasteiger partial charge in [-0.1, -0.05) is 77.6 Å². The van der Waals surface area contributed by atoms with Gasteiger partial charge in [-0.25, -0.2) is 18.3 Å². The molecule has 0 amide bonds. The van der Waals surface area contributed by atoms with E-state index in [1.807, 2.05) is 0 Å². The number of hydrogen-bond donors (Lipinski definition) is 0. The number of imidazole rings is 2. The van der Waals surface area contributed by atoms with Gasteiger partial charge in [-0.05, 0) is 75.6 Å². The molecular formula is C34H58Br2N4O2. The second-order valence-electron chi connectivity index (χ2n) is 10.8. The van der Waals surface area contributed by atoms with Crippen molar-refractivity contribution >= 4 is 22.1 Å². The Bertz CT molecular complexity index is 1030. The minimum Gasteiger partial charge on any atom is -1.00 e. The molecule has 42 heavy (non-hydrogen) atoms. The molecule has 4 N–H and O–H groups in total. The Balaban J connectivity index is 0. The molecule has 0 saturated carbocycles. The van der Waals surface area contributed by atoms with Gasteiger partial charge in [-0.15, -0.1) is 0 Å². The van der Waals surface area contributed by atoms with E-state index in [4.69, 9.17) is 0 Å². The lowest BCUT2D eigenvalue weighted by Gasteiger charge is -1.96. The molecule has 0 radical (unpaired) electrons. The highest BCUT2D eigenvalue weighted by atomic mass is 79.9. The summed E-state index contributed by atoms with van der Waals surface area (Å²) in [7, 11) is 0. The molecular weight excluding hydrogens is 656 g/mol. The van der Waals surface area contributed by atoms with E-state index in [1.54, 1.807) is 0 Å². The maximum atomic E-state index is 2.43. The van der Waals surface area contributed by atoms with E-state index in [0.717, 1.165) is 26.2 Å². The third-order valence-electron chi connectivity index (χ3n) is 7.57. The van der Waals surface area contributed by atoms with Gasteiger partial charge in [0.1, 0.15) is 0 Å². The van der Waals surface area contributed by atoms with Crippen molar-refractivity contribution in [1.82, 2.24) is 9.13 Å². The van der Waals surface area contributed by atoms with Crippen LogP contribution in [0.25, 0.3) is 22.1 Å². The van der Waals surface area contributed by atoms with Crippen LogP contribution in [0.3, 0.4) is 0 Å². The maximum Gasteiger partial charge on any atom is 0.244 e. The van der Waals surface area contributed by atoms with Crippen LogP contribution in [-0.4, -0.2) is 20.1 Å². The van der Waals surface area contributed by atoms with Crippen LogP contribution >= 0.6 is 0 Å². The Morgan fingerprint density at radius 1 is 0.476 bits per heavy atom. The third kappa shape index (κ3) is 12.9. The van der Waals surface area contributed by atoms with Crippen molar-refractivity contribution in [2.24, 2.45) is 0 Å². The molecule has 2 aromatic carbocycles. The molecule has 0 aliphatic carbocycles. The van der Waals surface area contributed by atoms with E-state index in [2.05, 4.69) is 107 Å². The number of aromatic nitrogens is 4. The summed E-state index contributed by atoms with van der Waals surface area (Å²) in [5.74, 6) is 0. The zero-order valence-electron chi connectivity index (χ0n) is 26.6. The van der Waals surface area contributed by atoms with Crippen LogP contribution in [0.15, 0.2) is 61.2 Å². The molecule has 4 rings (SSSR count). The topological polar surface area (TPSA) is 80.6 Å². The minimum absolute atomic E-state index is 0. The first-order valence-corrected chi connectivity index (χ1v) is 15.7. The van der Waals surface area contributed by atoms with Crippen LogP contribution in [0.1, 0.15) is 105 Å². The number of halogens is 2. The van der Waals surface area contributed by atoms with Crippen LogP contribution < -0.4 is 43.1 Å². The molecule has 0 atom stereocenters. The fraction of sp³-hybridized carbons (Fsp3) is 0.588. The van der Waals surface area contributed by atoms with E-state index in [1.165, 1.54) is 99.1 Å². The van der Waals surface area contributed by atoms with Crippen molar-refractivity contribution in [2.75, 3.05) is 0 Å². The van der Waals surface area contributed by atoms with Crippen molar-refractivity contribution < 1.29 is 54.0 Å². The molecule has 0 bridgehead atoms. The molecule has 0 unspecified atom stereocenters. The SMILES string of the molecule is CCCCCn1c[n+](CCCCC)c2ccccc21.CCCCCn1c[n+](CCCCC)c2ccccc21.O.O.[Br-].[Br-]. The summed E-state index contributed by atoms with van der Waals surface area (Å²) in [5.41, 5.74) is 5.54. The largest absolute Gasteiger partial charge is 1.00 e. The van der Waals surface area contributed by atoms with Gasteiger partial charge in [0, 0.05) is 0 Å². The van der Waals surface area contributed by atoms with Crippen LogP contribution in [0.4, 0.5) is 0 Å². The smallest absolute Gasteiger partial charge is 0.244 e. The van der Waals surface area contributed by atoms with Crippen LogP contribution in [0.2, 0.25) is 0 Å². The Hall–Kier alpha value is -1.74. The molecule has 2 heterocycles. The Morgan fingerprint density at radius 2 is 0.810 bits per heavy atom. The van der Waals surface area contributed by atoms with Crippen molar-refractivity contribution in [1.29, 1.82) is 0 Å². The van der Waals surface area contributed by atoms with Gasteiger partial charge in [0.15, 0.2) is 22.1 Å². The van der Waals surface area contributed by atoms with Gasteiger partial charge in [-0.3, -0.25) is 0 Å². The Labute approximate surface area is 276 Å². The van der Waals surface area contributed by atoms with Crippen molar-refractivity contribution in [3.05, 3.63) is 61.2 Å². The number of benzene rings is 2. The molecule has 2 aromatic heterocycles. The standard InChI is InChI=1S/2C17H27N2.2BrH.2H2O/c2*1-3-5-9-13-18-15-19(14-10-6-4-2)17-12-8-7-11-16(17)18;;;;/h2*7-8,11-12,15H,3-6,9-10,13-14H2,1-2H3;2*1H;2*1H2/q2*+1;;;;/p-2. The Morgan fingerprint density at radius 3 is 1.17 bits per heavy atom. The first-order chi connectivity index (χ1) is 18.7. The highest BCUT2D eigenvalue weighted by molar-refractivity contribution is 5.72. The third-order valence-corrected chi connectivity index (χ3v) is 7.57. The van der Waals surface area contributed by atoms with Gasteiger partial charge in [0.25, 0.3) is 0 Å². The molecule has 0 aliphatic rings. The second-order valence-corrected chi connectivity index (χ2v) is 10.8. The zero-order valence-corrected chi connectivity index (χ0v) is 29.8. The molecule has 4 aromatic rings. The number of fused-ring (bicyclic) bond motifs is 2. The first-order valence-electron chi connectivity index (χ1n) is 15.7. The summed E-state index contributed by atoms with van der Waals surface area (Å²) >= 11 is 0. The van der Waals surface area contributed by atoms with Gasteiger partial charge < -0.3 is 44.9 Å². The highest BCUT2D eigenvalue weighted by Crippen LogP contribution is 2.14. The van der Waals surface area contributed by atoms with Gasteiger partial charge in [0.05, 0.1) is 26.2 Å². The molecule has 8 heteroatoms. The summed E-state index contributed by atoms with van der Waals surface area (Å²) in [4.78, 5) is 0. The van der Waals surface area contributed by atoms with E-state index < -0.39 is 0 Å². The number of nitrogens with zero attached hydrogens (tertiary/aromatic N) is 4. The Kier molecular flexibility index (Phi) is 24.9. The summed E-state index contributed by atoms with van der Waals surface area (Å²) < 4.78 is 9.71. The van der Waals surface area contributed by atoms with Crippen LogP contribution in [-0.2, 0) is 26.2 Å². The average Bonchev–Trinajstić information content (AvgIpc) is 3.48. The number of rotatable bonds is 16. The quantitative estimate of drug-likeness (QED) is 0.123. The van der Waals surface area contributed by atoms with Gasteiger partial charge in [-0.2, -0.15) is 0 Å². The number of aryl methyl sites for hydroxylation is 4. The zero-order chi connectivity index (χ0) is 27.0. The maximum absolute atomic E-state index is 2.43. The molecule has 0 spiro atoms. The van der Waals surface area contributed by atoms with Crippen molar-refractivity contribution in [3.8, 4) is 0 Å². The highest BCUT2D eigenvalue weighted by Gasteiger charge is 2.15. The predicted octanol–water partition coefficient (Wildman–Crippen LogP) is 0.977. The van der Waals surface area contributed by atoms with Crippen LogP contribution in [0, 0.1) is 0 Å². The second kappa shape index (κ2) is 24.7. The number of unbranched alkanes of at least 4 members (excludes halogenated alkanes) is 8. The number of hydrogen-bond acceptors (Lipinski definition) is 0. The summed E-state index contributed by atoms with van der Waals surface area (Å²) in [6, 6.07) is 17.6. The van der Waals surface area contributed by atoms with Crippen LogP contribution in [0.5, 0.6) is 0 Å². The monoisotopic (exact) mass is 712 g/mol. The number of para-hydroxylation sites is 4. The lowest BCUT2D eigenvalue weighted by Crippen LogP contribution is -3.00. The van der Waals surface area contributed by atoms with E-state index in [9.17, 15) is 0 Å².